The minimum absolute atomic E-state index is 0.00737. The van der Waals surface area contributed by atoms with Gasteiger partial charge >= 0.3 is 6.18 Å². The number of alkyl halides is 3. The van der Waals surface area contributed by atoms with E-state index in [1.165, 1.54) is 6.92 Å². The summed E-state index contributed by atoms with van der Waals surface area (Å²) in [7, 11) is 0. The van der Waals surface area contributed by atoms with E-state index in [1.807, 2.05) is 9.58 Å². The summed E-state index contributed by atoms with van der Waals surface area (Å²) in [4.78, 5) is 21.3. The van der Waals surface area contributed by atoms with E-state index in [1.54, 1.807) is 12.4 Å². The maximum atomic E-state index is 13.1. The van der Waals surface area contributed by atoms with Gasteiger partial charge in [0.15, 0.2) is 5.65 Å². The third kappa shape index (κ3) is 3.56. The number of fused-ring (bicyclic) bond motifs is 1. The Kier molecular flexibility index (Phi) is 4.51. The summed E-state index contributed by atoms with van der Waals surface area (Å²) in [6.07, 6.45) is 0.875. The first-order chi connectivity index (χ1) is 15.8. The summed E-state index contributed by atoms with van der Waals surface area (Å²) < 4.78 is 46.8. The van der Waals surface area contributed by atoms with Crippen LogP contribution in [-0.2, 0) is 10.9 Å². The summed E-state index contributed by atoms with van der Waals surface area (Å²) in [5.74, 6) is 1.26. The van der Waals surface area contributed by atoms with Gasteiger partial charge in [-0.15, -0.1) is 0 Å². The minimum Gasteiger partial charge on any atom is -0.379 e. The molecule has 6 rings (SSSR count). The summed E-state index contributed by atoms with van der Waals surface area (Å²) in [6.45, 7) is 5.76. The Morgan fingerprint density at radius 3 is 2.64 bits per heavy atom. The number of aryl methyl sites for hydroxylation is 1. The van der Waals surface area contributed by atoms with Crippen molar-refractivity contribution in [3.8, 4) is 0 Å². The smallest absolute Gasteiger partial charge is 0.379 e. The lowest BCUT2D eigenvalue weighted by molar-refractivity contribution is -0.141. The molecule has 3 aliphatic rings. The fourth-order valence-corrected chi connectivity index (χ4v) is 5.12. The van der Waals surface area contributed by atoms with Crippen molar-refractivity contribution in [3.05, 3.63) is 30.0 Å². The second-order valence-electron chi connectivity index (χ2n) is 9.23. The molecule has 0 aliphatic carbocycles. The average Bonchev–Trinajstić information content (AvgIpc) is 3.49. The Morgan fingerprint density at radius 1 is 1.06 bits per heavy atom. The second kappa shape index (κ2) is 7.24. The minimum atomic E-state index is -4.48. The normalized spacial score (nSPS) is 22.5. The van der Waals surface area contributed by atoms with Gasteiger partial charge < -0.3 is 14.5 Å². The zero-order valence-corrected chi connectivity index (χ0v) is 18.1. The third-order valence-electron chi connectivity index (χ3n) is 6.80. The molecule has 0 bridgehead atoms. The van der Waals surface area contributed by atoms with Crippen LogP contribution in [0.1, 0.15) is 30.4 Å². The van der Waals surface area contributed by atoms with Crippen molar-refractivity contribution in [1.29, 1.82) is 0 Å². The highest BCUT2D eigenvalue weighted by Gasteiger charge is 2.49. The van der Waals surface area contributed by atoms with Gasteiger partial charge in [-0.25, -0.2) is 24.6 Å². The van der Waals surface area contributed by atoms with Crippen LogP contribution in [0.5, 0.6) is 0 Å². The van der Waals surface area contributed by atoms with Gasteiger partial charge in [-0.1, -0.05) is 0 Å². The van der Waals surface area contributed by atoms with Crippen LogP contribution in [0.2, 0.25) is 0 Å². The molecular weight excluding hydrogens is 437 g/mol. The lowest BCUT2D eigenvalue weighted by Gasteiger charge is -2.48. The van der Waals surface area contributed by atoms with Crippen LogP contribution >= 0.6 is 0 Å². The molecule has 12 heteroatoms. The number of ether oxygens (including phenoxy) is 1. The van der Waals surface area contributed by atoms with Gasteiger partial charge in [0.1, 0.15) is 28.7 Å². The van der Waals surface area contributed by atoms with Crippen molar-refractivity contribution in [2.24, 2.45) is 5.41 Å². The summed E-state index contributed by atoms with van der Waals surface area (Å²) in [5.41, 5.74) is 0.629. The van der Waals surface area contributed by atoms with E-state index in [2.05, 4.69) is 25.0 Å². The SMILES string of the molecule is Cc1nc(N2CC3(CCN(c4cnc5cnn(C6CCOC6)c5n4)C3)C2)cc(C(F)(F)F)n1. The Hall–Kier alpha value is -3.02. The van der Waals surface area contributed by atoms with Crippen LogP contribution in [0, 0.1) is 12.3 Å². The van der Waals surface area contributed by atoms with Gasteiger partial charge in [-0.2, -0.15) is 18.3 Å². The average molecular weight is 460 g/mol. The van der Waals surface area contributed by atoms with E-state index < -0.39 is 11.9 Å². The molecule has 33 heavy (non-hydrogen) atoms. The number of rotatable bonds is 3. The maximum Gasteiger partial charge on any atom is 0.433 e. The van der Waals surface area contributed by atoms with E-state index in [4.69, 9.17) is 9.72 Å². The van der Waals surface area contributed by atoms with Crippen molar-refractivity contribution in [2.45, 2.75) is 32.0 Å². The Balaban J connectivity index is 1.18. The molecule has 0 radical (unpaired) electrons. The predicted molar refractivity (Wildman–Crippen MR) is 113 cm³/mol. The molecule has 3 saturated heterocycles. The first kappa shape index (κ1) is 20.6. The first-order valence-electron chi connectivity index (χ1n) is 11.0. The van der Waals surface area contributed by atoms with Gasteiger partial charge in [-0.3, -0.25) is 0 Å². The highest BCUT2D eigenvalue weighted by Crippen LogP contribution is 2.43. The molecule has 174 valence electrons. The molecule has 0 aromatic carbocycles. The second-order valence-corrected chi connectivity index (χ2v) is 9.23. The molecule has 1 atom stereocenters. The molecule has 3 aromatic rings. The predicted octanol–water partition coefficient (Wildman–Crippen LogP) is 2.62. The van der Waals surface area contributed by atoms with Gasteiger partial charge in [0.2, 0.25) is 0 Å². The van der Waals surface area contributed by atoms with E-state index in [-0.39, 0.29) is 17.3 Å². The van der Waals surface area contributed by atoms with Crippen molar-refractivity contribution < 1.29 is 17.9 Å². The molecule has 1 spiro atoms. The Labute approximate surface area is 187 Å². The number of anilines is 2. The maximum absolute atomic E-state index is 13.1. The Morgan fingerprint density at radius 2 is 1.88 bits per heavy atom. The number of hydrogen-bond donors (Lipinski definition) is 0. The zero-order valence-electron chi connectivity index (χ0n) is 18.1. The van der Waals surface area contributed by atoms with Crippen LogP contribution in [0.25, 0.3) is 11.2 Å². The highest BCUT2D eigenvalue weighted by molar-refractivity contribution is 5.71. The topological polar surface area (TPSA) is 85.1 Å². The summed E-state index contributed by atoms with van der Waals surface area (Å²) in [6, 6.07) is 1.22. The summed E-state index contributed by atoms with van der Waals surface area (Å²) >= 11 is 0. The van der Waals surface area contributed by atoms with Gasteiger partial charge in [0.05, 0.1) is 25.0 Å². The van der Waals surface area contributed by atoms with Crippen LogP contribution < -0.4 is 9.80 Å². The lowest BCUT2D eigenvalue weighted by atomic mass is 9.79. The molecule has 3 aliphatic heterocycles. The number of nitrogens with zero attached hydrogens (tertiary/aromatic N) is 8. The van der Waals surface area contributed by atoms with Gasteiger partial charge in [-0.05, 0) is 19.8 Å². The molecule has 3 aromatic heterocycles. The fourth-order valence-electron chi connectivity index (χ4n) is 5.12. The molecule has 9 nitrogen and oxygen atoms in total. The number of hydrogen-bond acceptors (Lipinski definition) is 8. The molecule has 3 fully saturated rings. The van der Waals surface area contributed by atoms with Gasteiger partial charge in [0.25, 0.3) is 0 Å². The highest BCUT2D eigenvalue weighted by atomic mass is 19.4. The van der Waals surface area contributed by atoms with Crippen molar-refractivity contribution >= 4 is 22.8 Å². The molecule has 0 amide bonds. The van der Waals surface area contributed by atoms with Crippen molar-refractivity contribution in [3.63, 3.8) is 0 Å². The van der Waals surface area contributed by atoms with Crippen LogP contribution in [-0.4, -0.2) is 69.1 Å². The van der Waals surface area contributed by atoms with Crippen LogP contribution in [0.4, 0.5) is 24.8 Å². The monoisotopic (exact) mass is 460 g/mol. The molecular formula is C21H23F3N8O. The van der Waals surface area contributed by atoms with Crippen LogP contribution in [0.15, 0.2) is 18.5 Å². The molecule has 0 saturated carbocycles. The van der Waals surface area contributed by atoms with Crippen molar-refractivity contribution in [2.75, 3.05) is 49.2 Å². The number of halogens is 3. The van der Waals surface area contributed by atoms with Crippen LogP contribution in [0.3, 0.4) is 0 Å². The lowest BCUT2D eigenvalue weighted by Crippen LogP contribution is -2.58. The van der Waals surface area contributed by atoms with E-state index in [0.29, 0.717) is 25.5 Å². The molecule has 0 N–H and O–H groups in total. The van der Waals surface area contributed by atoms with Crippen molar-refractivity contribution in [1.82, 2.24) is 29.7 Å². The Bertz CT molecular complexity index is 1200. The largest absolute Gasteiger partial charge is 0.433 e. The molecule has 1 unspecified atom stereocenters. The number of aromatic nitrogens is 6. The van der Waals surface area contributed by atoms with E-state index >= 15 is 0 Å². The fraction of sp³-hybridized carbons (Fsp3) is 0.571. The summed E-state index contributed by atoms with van der Waals surface area (Å²) in [5, 5.41) is 4.47. The first-order valence-corrected chi connectivity index (χ1v) is 11.0. The zero-order chi connectivity index (χ0) is 22.8. The van der Waals surface area contributed by atoms with Gasteiger partial charge in [0, 0.05) is 44.3 Å². The van der Waals surface area contributed by atoms with E-state index in [0.717, 1.165) is 55.6 Å². The molecule has 6 heterocycles. The van der Waals surface area contributed by atoms with E-state index in [9.17, 15) is 13.2 Å². The third-order valence-corrected chi connectivity index (χ3v) is 6.80. The standard InChI is InChI=1S/C21H23F3N8O/c1-13-27-16(21(22,23)24)6-17(28-13)31-11-20(12-31)3-4-30(10-20)18-8-25-15-7-26-32(19(15)29-18)14-2-5-33-9-14/h6-8,14H,2-5,9-12H2,1H3. The quantitative estimate of drug-likeness (QED) is 0.590.